The van der Waals surface area contributed by atoms with Crippen LogP contribution in [0.2, 0.25) is 0 Å². The summed E-state index contributed by atoms with van der Waals surface area (Å²) in [6, 6.07) is 7.89. The Hall–Kier alpha value is -2.08. The summed E-state index contributed by atoms with van der Waals surface area (Å²) in [5, 5.41) is 9.69. The van der Waals surface area contributed by atoms with E-state index in [4.69, 9.17) is 4.99 Å². The molecule has 1 amide bonds. The number of hydrogen-bond donors (Lipinski definition) is 3. The lowest BCUT2D eigenvalue weighted by Crippen LogP contribution is -2.37. The minimum absolute atomic E-state index is 0.0112. The molecule has 156 valence electrons. The average Bonchev–Trinajstić information content (AvgIpc) is 3.16. The SMILES string of the molecule is CCNC(=NCc1cccc(NC(=O)CN(C)C)c1)NCCCC1CCCC1. The van der Waals surface area contributed by atoms with E-state index in [2.05, 4.69) is 22.9 Å². The number of nitrogens with one attached hydrogen (secondary N) is 3. The minimum atomic E-state index is -0.0112. The number of carbonyl (C=O) groups is 1. The highest BCUT2D eigenvalue weighted by Crippen LogP contribution is 2.28. The largest absolute Gasteiger partial charge is 0.357 e. The predicted molar refractivity (Wildman–Crippen MR) is 118 cm³/mol. The van der Waals surface area contributed by atoms with Crippen molar-refractivity contribution in [1.82, 2.24) is 15.5 Å². The van der Waals surface area contributed by atoms with Crippen molar-refractivity contribution in [2.45, 2.75) is 52.0 Å². The van der Waals surface area contributed by atoms with Crippen LogP contribution in [0.1, 0.15) is 51.0 Å². The summed E-state index contributed by atoms with van der Waals surface area (Å²) in [4.78, 5) is 18.5. The number of rotatable bonds is 10. The Morgan fingerprint density at radius 2 is 2.00 bits per heavy atom. The van der Waals surface area contributed by atoms with Crippen molar-refractivity contribution in [3.05, 3.63) is 29.8 Å². The fourth-order valence-electron chi connectivity index (χ4n) is 3.64. The van der Waals surface area contributed by atoms with Crippen LogP contribution in [0.4, 0.5) is 5.69 Å². The molecule has 0 saturated heterocycles. The van der Waals surface area contributed by atoms with Gasteiger partial charge in [-0.2, -0.15) is 0 Å². The maximum atomic E-state index is 11.9. The van der Waals surface area contributed by atoms with E-state index >= 15 is 0 Å². The van der Waals surface area contributed by atoms with Gasteiger partial charge in [-0.05, 0) is 57.5 Å². The Morgan fingerprint density at radius 1 is 1.21 bits per heavy atom. The van der Waals surface area contributed by atoms with E-state index in [0.717, 1.165) is 36.2 Å². The van der Waals surface area contributed by atoms with Gasteiger partial charge in [0.25, 0.3) is 0 Å². The zero-order chi connectivity index (χ0) is 20.2. The van der Waals surface area contributed by atoms with Crippen molar-refractivity contribution in [1.29, 1.82) is 0 Å². The van der Waals surface area contributed by atoms with Crippen LogP contribution in [-0.2, 0) is 11.3 Å². The van der Waals surface area contributed by atoms with Crippen LogP contribution in [0, 0.1) is 5.92 Å². The van der Waals surface area contributed by atoms with Gasteiger partial charge >= 0.3 is 0 Å². The smallest absolute Gasteiger partial charge is 0.238 e. The molecule has 0 heterocycles. The maximum absolute atomic E-state index is 11.9. The van der Waals surface area contributed by atoms with Crippen molar-refractivity contribution in [3.63, 3.8) is 0 Å². The first-order valence-corrected chi connectivity index (χ1v) is 10.6. The molecule has 0 radical (unpaired) electrons. The van der Waals surface area contributed by atoms with Crippen molar-refractivity contribution < 1.29 is 4.79 Å². The van der Waals surface area contributed by atoms with E-state index in [1.165, 1.54) is 38.5 Å². The molecule has 1 aliphatic carbocycles. The number of benzene rings is 1. The number of likely N-dealkylation sites (N-methyl/N-ethyl adjacent to an activating group) is 1. The van der Waals surface area contributed by atoms with Gasteiger partial charge in [-0.15, -0.1) is 0 Å². The third kappa shape index (κ3) is 8.74. The highest BCUT2D eigenvalue weighted by Gasteiger charge is 2.14. The topological polar surface area (TPSA) is 68.8 Å². The van der Waals surface area contributed by atoms with Crippen LogP contribution in [-0.4, -0.2) is 50.5 Å². The number of guanidine groups is 1. The van der Waals surface area contributed by atoms with Gasteiger partial charge in [-0.25, -0.2) is 4.99 Å². The molecular weight excluding hydrogens is 350 g/mol. The molecule has 0 atom stereocenters. The fourth-order valence-corrected chi connectivity index (χ4v) is 3.64. The van der Waals surface area contributed by atoms with Crippen LogP contribution in [0.3, 0.4) is 0 Å². The third-order valence-electron chi connectivity index (χ3n) is 4.99. The molecule has 0 aliphatic heterocycles. The molecule has 0 unspecified atom stereocenters. The second kappa shape index (κ2) is 12.4. The zero-order valence-electron chi connectivity index (χ0n) is 17.8. The van der Waals surface area contributed by atoms with E-state index in [1.54, 1.807) is 0 Å². The molecular formula is C22H37N5O. The van der Waals surface area contributed by atoms with Crippen molar-refractivity contribution >= 4 is 17.6 Å². The van der Waals surface area contributed by atoms with E-state index in [9.17, 15) is 4.79 Å². The summed E-state index contributed by atoms with van der Waals surface area (Å²) in [6.07, 6.45) is 8.17. The second-order valence-electron chi connectivity index (χ2n) is 7.90. The Bertz CT molecular complexity index is 623. The van der Waals surface area contributed by atoms with Crippen molar-refractivity contribution in [2.24, 2.45) is 10.9 Å². The molecule has 6 heteroatoms. The molecule has 1 saturated carbocycles. The predicted octanol–water partition coefficient (Wildman–Crippen LogP) is 3.21. The number of nitrogens with zero attached hydrogens (tertiary/aromatic N) is 2. The monoisotopic (exact) mass is 387 g/mol. The Labute approximate surface area is 170 Å². The Morgan fingerprint density at radius 3 is 2.71 bits per heavy atom. The molecule has 1 aromatic rings. The first-order valence-electron chi connectivity index (χ1n) is 10.6. The lowest BCUT2D eigenvalue weighted by molar-refractivity contribution is -0.116. The second-order valence-corrected chi connectivity index (χ2v) is 7.90. The molecule has 1 aromatic carbocycles. The molecule has 0 aromatic heterocycles. The molecule has 6 nitrogen and oxygen atoms in total. The van der Waals surface area contributed by atoms with Gasteiger partial charge in [-0.1, -0.05) is 37.8 Å². The number of aliphatic imine (C=N–C) groups is 1. The summed E-state index contributed by atoms with van der Waals surface area (Å²) < 4.78 is 0. The van der Waals surface area contributed by atoms with E-state index in [0.29, 0.717) is 13.1 Å². The standard InChI is InChI=1S/C22H37N5O/c1-4-23-22(24-14-8-12-18-9-5-6-10-18)25-16-19-11-7-13-20(15-19)26-21(28)17-27(2)3/h7,11,13,15,18H,4-6,8-10,12,14,16-17H2,1-3H3,(H,26,28)(H2,23,24,25). The number of amides is 1. The third-order valence-corrected chi connectivity index (χ3v) is 4.99. The van der Waals surface area contributed by atoms with Crippen LogP contribution >= 0.6 is 0 Å². The molecule has 0 spiro atoms. The lowest BCUT2D eigenvalue weighted by Gasteiger charge is -2.13. The van der Waals surface area contributed by atoms with Gasteiger partial charge in [0.1, 0.15) is 0 Å². The first-order chi connectivity index (χ1) is 13.6. The van der Waals surface area contributed by atoms with Gasteiger partial charge in [0, 0.05) is 18.8 Å². The van der Waals surface area contributed by atoms with Gasteiger partial charge in [0.15, 0.2) is 5.96 Å². The van der Waals surface area contributed by atoms with Gasteiger partial charge in [0.2, 0.25) is 5.91 Å². The lowest BCUT2D eigenvalue weighted by atomic mass is 10.0. The van der Waals surface area contributed by atoms with E-state index in [-0.39, 0.29) is 5.91 Å². The van der Waals surface area contributed by atoms with E-state index in [1.807, 2.05) is 43.3 Å². The fraction of sp³-hybridized carbons (Fsp3) is 0.636. The maximum Gasteiger partial charge on any atom is 0.238 e. The average molecular weight is 388 g/mol. The first kappa shape index (κ1) is 22.2. The number of anilines is 1. The molecule has 1 aliphatic rings. The van der Waals surface area contributed by atoms with Gasteiger partial charge in [0.05, 0.1) is 13.1 Å². The van der Waals surface area contributed by atoms with Gasteiger partial charge in [-0.3, -0.25) is 4.79 Å². The summed E-state index contributed by atoms with van der Waals surface area (Å²) in [7, 11) is 3.77. The summed E-state index contributed by atoms with van der Waals surface area (Å²) in [5.41, 5.74) is 1.89. The Balaban J connectivity index is 1.81. The minimum Gasteiger partial charge on any atom is -0.357 e. The quantitative estimate of drug-likeness (QED) is 0.328. The van der Waals surface area contributed by atoms with Crippen LogP contribution in [0.15, 0.2) is 29.3 Å². The van der Waals surface area contributed by atoms with Crippen molar-refractivity contribution in [2.75, 3.05) is 39.0 Å². The highest BCUT2D eigenvalue weighted by atomic mass is 16.2. The molecule has 2 rings (SSSR count). The normalized spacial score (nSPS) is 15.1. The number of carbonyl (C=O) groups excluding carboxylic acids is 1. The van der Waals surface area contributed by atoms with Crippen molar-refractivity contribution in [3.8, 4) is 0 Å². The summed E-state index contributed by atoms with van der Waals surface area (Å²) >= 11 is 0. The van der Waals surface area contributed by atoms with Crippen LogP contribution in [0.25, 0.3) is 0 Å². The molecule has 3 N–H and O–H groups in total. The van der Waals surface area contributed by atoms with Gasteiger partial charge < -0.3 is 20.9 Å². The van der Waals surface area contributed by atoms with Crippen LogP contribution in [0.5, 0.6) is 0 Å². The molecule has 28 heavy (non-hydrogen) atoms. The highest BCUT2D eigenvalue weighted by molar-refractivity contribution is 5.92. The Kier molecular flexibility index (Phi) is 9.83. The summed E-state index contributed by atoms with van der Waals surface area (Å²) in [6.45, 7) is 4.84. The van der Waals surface area contributed by atoms with E-state index < -0.39 is 0 Å². The molecule has 1 fully saturated rings. The zero-order valence-corrected chi connectivity index (χ0v) is 17.8. The molecule has 0 bridgehead atoms. The van der Waals surface area contributed by atoms with Crippen LogP contribution < -0.4 is 16.0 Å². The number of hydrogen-bond acceptors (Lipinski definition) is 3. The summed E-state index contributed by atoms with van der Waals surface area (Å²) in [5.74, 6) is 1.78.